The van der Waals surface area contributed by atoms with Crippen LogP contribution in [0.3, 0.4) is 0 Å². The number of carbonyl (C=O) groups is 1. The van der Waals surface area contributed by atoms with E-state index in [2.05, 4.69) is 26.4 Å². The number of thiophene rings is 1. The molecule has 1 N–H and O–H groups in total. The molecule has 1 saturated heterocycles. The fourth-order valence-electron chi connectivity index (χ4n) is 3.32. The summed E-state index contributed by atoms with van der Waals surface area (Å²) in [4.78, 5) is 22.1. The topological polar surface area (TPSA) is 83.2 Å². The number of piperazine rings is 1. The Balaban J connectivity index is 1.55. The summed E-state index contributed by atoms with van der Waals surface area (Å²) in [6.07, 6.45) is 1.16. The van der Waals surface area contributed by atoms with Gasteiger partial charge in [-0.3, -0.25) is 4.90 Å². The molecule has 10 heteroatoms. The maximum Gasteiger partial charge on any atom is 0.410 e. The predicted octanol–water partition coefficient (Wildman–Crippen LogP) is 3.20. The summed E-state index contributed by atoms with van der Waals surface area (Å²) in [6, 6.07) is 1.98. The lowest BCUT2D eigenvalue weighted by Crippen LogP contribution is -2.50. The van der Waals surface area contributed by atoms with Crippen LogP contribution in [0.5, 0.6) is 5.88 Å². The van der Waals surface area contributed by atoms with Crippen molar-refractivity contribution in [2.75, 3.05) is 26.2 Å². The molecule has 4 rings (SSSR count). The second kappa shape index (κ2) is 7.34. The lowest BCUT2D eigenvalue weighted by atomic mass is 10.1. The van der Waals surface area contributed by atoms with E-state index in [1.165, 1.54) is 22.2 Å². The fourth-order valence-corrected chi connectivity index (χ4v) is 5.09. The van der Waals surface area contributed by atoms with Crippen molar-refractivity contribution in [1.29, 1.82) is 0 Å². The van der Waals surface area contributed by atoms with Crippen molar-refractivity contribution in [3.63, 3.8) is 0 Å². The molecule has 28 heavy (non-hydrogen) atoms. The van der Waals surface area contributed by atoms with Crippen LogP contribution < -0.4 is 0 Å². The van der Waals surface area contributed by atoms with Crippen LogP contribution in [-0.2, 0) is 4.74 Å². The zero-order valence-electron chi connectivity index (χ0n) is 16.0. The highest BCUT2D eigenvalue weighted by atomic mass is 32.1. The van der Waals surface area contributed by atoms with Crippen LogP contribution in [-0.4, -0.2) is 67.4 Å². The number of amides is 1. The number of nitrogens with zero attached hydrogens (tertiary/aromatic N) is 5. The Morgan fingerprint density at radius 3 is 2.64 bits per heavy atom. The van der Waals surface area contributed by atoms with Gasteiger partial charge in [0.05, 0.1) is 10.9 Å². The molecule has 0 aromatic carbocycles. The van der Waals surface area contributed by atoms with Crippen molar-refractivity contribution < 1.29 is 14.6 Å². The third-order valence-electron chi connectivity index (χ3n) is 4.58. The Hall–Kier alpha value is -2.17. The number of fused-ring (bicyclic) bond motifs is 1. The molecule has 1 aliphatic heterocycles. The maximum absolute atomic E-state index is 12.4. The predicted molar refractivity (Wildman–Crippen MR) is 108 cm³/mol. The maximum atomic E-state index is 12.4. The molecule has 8 nitrogen and oxygen atoms in total. The van der Waals surface area contributed by atoms with Crippen molar-refractivity contribution >= 4 is 33.7 Å². The second-order valence-corrected chi connectivity index (χ2v) is 9.50. The van der Waals surface area contributed by atoms with Gasteiger partial charge in [-0.2, -0.15) is 21.0 Å². The quantitative estimate of drug-likeness (QED) is 0.699. The molecule has 0 spiro atoms. The van der Waals surface area contributed by atoms with Gasteiger partial charge < -0.3 is 14.7 Å². The summed E-state index contributed by atoms with van der Waals surface area (Å²) in [5, 5.41) is 18.9. The van der Waals surface area contributed by atoms with Crippen molar-refractivity contribution in [3.05, 3.63) is 33.6 Å². The van der Waals surface area contributed by atoms with Gasteiger partial charge >= 0.3 is 6.09 Å². The largest absolute Gasteiger partial charge is 0.492 e. The number of aromatic nitrogens is 3. The van der Waals surface area contributed by atoms with E-state index in [1.54, 1.807) is 16.2 Å². The van der Waals surface area contributed by atoms with E-state index in [0.29, 0.717) is 31.1 Å². The SMILES string of the molecule is CC(C)(C)OC(=O)N1CCN(C(c2ccsc2)c2sc3ncnn3c2O)CC1. The molecular weight excluding hydrogens is 398 g/mol. The van der Waals surface area contributed by atoms with E-state index in [-0.39, 0.29) is 18.0 Å². The van der Waals surface area contributed by atoms with Crippen molar-refractivity contribution in [2.24, 2.45) is 0 Å². The first-order chi connectivity index (χ1) is 13.3. The van der Waals surface area contributed by atoms with E-state index in [4.69, 9.17) is 4.74 Å². The van der Waals surface area contributed by atoms with E-state index in [1.807, 2.05) is 26.2 Å². The smallest absolute Gasteiger partial charge is 0.410 e. The molecule has 1 unspecified atom stereocenters. The molecule has 1 aliphatic rings. The van der Waals surface area contributed by atoms with Crippen LogP contribution >= 0.6 is 22.7 Å². The Labute approximate surface area is 171 Å². The van der Waals surface area contributed by atoms with E-state index in [9.17, 15) is 9.90 Å². The summed E-state index contributed by atoms with van der Waals surface area (Å²) in [7, 11) is 0. The van der Waals surface area contributed by atoms with Crippen LogP contribution in [0.15, 0.2) is 23.2 Å². The van der Waals surface area contributed by atoms with Gasteiger partial charge in [0.15, 0.2) is 0 Å². The molecule has 4 heterocycles. The zero-order valence-corrected chi connectivity index (χ0v) is 17.7. The fraction of sp³-hybridized carbons (Fsp3) is 0.500. The summed E-state index contributed by atoms with van der Waals surface area (Å²) < 4.78 is 6.96. The highest BCUT2D eigenvalue weighted by molar-refractivity contribution is 7.17. The Bertz CT molecular complexity index is 952. The molecule has 0 bridgehead atoms. The highest BCUT2D eigenvalue weighted by Gasteiger charge is 2.33. The van der Waals surface area contributed by atoms with Crippen molar-refractivity contribution in [2.45, 2.75) is 32.4 Å². The average Bonchev–Trinajstić information content (AvgIpc) is 3.36. The molecule has 0 saturated carbocycles. The van der Waals surface area contributed by atoms with Gasteiger partial charge in [0.25, 0.3) is 0 Å². The van der Waals surface area contributed by atoms with Gasteiger partial charge in [0.2, 0.25) is 10.8 Å². The lowest BCUT2D eigenvalue weighted by molar-refractivity contribution is 0.0119. The summed E-state index contributed by atoms with van der Waals surface area (Å²) in [6.45, 7) is 8.15. The van der Waals surface area contributed by atoms with Crippen LogP contribution in [0.25, 0.3) is 4.96 Å². The lowest BCUT2D eigenvalue weighted by Gasteiger charge is -2.39. The molecule has 0 aliphatic carbocycles. The van der Waals surface area contributed by atoms with Crippen molar-refractivity contribution in [1.82, 2.24) is 24.4 Å². The van der Waals surface area contributed by atoms with Gasteiger partial charge in [-0.05, 0) is 43.2 Å². The first kappa shape index (κ1) is 19.2. The summed E-state index contributed by atoms with van der Waals surface area (Å²) in [5.74, 6) is 0.128. The normalized spacial score (nSPS) is 17.2. The summed E-state index contributed by atoms with van der Waals surface area (Å²) in [5.41, 5.74) is 0.619. The molecular formula is C18H23N5O3S2. The van der Waals surface area contributed by atoms with Gasteiger partial charge in [-0.1, -0.05) is 11.3 Å². The molecule has 1 fully saturated rings. The Morgan fingerprint density at radius 1 is 1.29 bits per heavy atom. The zero-order chi connectivity index (χ0) is 19.9. The second-order valence-electron chi connectivity index (χ2n) is 7.71. The van der Waals surface area contributed by atoms with Crippen LogP contribution in [0.4, 0.5) is 4.79 Å². The molecule has 3 aromatic heterocycles. The monoisotopic (exact) mass is 421 g/mol. The molecule has 3 aromatic rings. The van der Waals surface area contributed by atoms with Gasteiger partial charge in [-0.15, -0.1) is 0 Å². The third kappa shape index (κ3) is 3.71. The molecule has 0 radical (unpaired) electrons. The molecule has 1 atom stereocenters. The third-order valence-corrected chi connectivity index (χ3v) is 6.37. The van der Waals surface area contributed by atoms with E-state index in [0.717, 1.165) is 10.4 Å². The van der Waals surface area contributed by atoms with Gasteiger partial charge in [0, 0.05) is 26.2 Å². The number of ether oxygens (including phenoxy) is 1. The summed E-state index contributed by atoms with van der Waals surface area (Å²) >= 11 is 3.07. The first-order valence-electron chi connectivity index (χ1n) is 9.09. The van der Waals surface area contributed by atoms with E-state index < -0.39 is 5.60 Å². The highest BCUT2D eigenvalue weighted by Crippen LogP contribution is 2.40. The standard InChI is InChI=1S/C18H23N5O3S2/c1-18(2,3)26-17(25)22-7-5-21(6-8-22)13(12-4-9-27-10-12)14-15(24)23-16(28-14)19-11-20-23/h4,9-11,13,24H,5-8H2,1-3H3. The van der Waals surface area contributed by atoms with Crippen LogP contribution in [0.2, 0.25) is 0 Å². The minimum atomic E-state index is -0.502. The average molecular weight is 422 g/mol. The van der Waals surface area contributed by atoms with Crippen LogP contribution in [0, 0.1) is 0 Å². The first-order valence-corrected chi connectivity index (χ1v) is 10.8. The van der Waals surface area contributed by atoms with E-state index >= 15 is 0 Å². The number of rotatable bonds is 3. The molecule has 150 valence electrons. The van der Waals surface area contributed by atoms with Crippen LogP contribution in [0.1, 0.15) is 37.3 Å². The number of hydrogen-bond acceptors (Lipinski definition) is 8. The van der Waals surface area contributed by atoms with Gasteiger partial charge in [0.1, 0.15) is 11.9 Å². The van der Waals surface area contributed by atoms with Gasteiger partial charge in [-0.25, -0.2) is 9.78 Å². The van der Waals surface area contributed by atoms with Crippen molar-refractivity contribution in [3.8, 4) is 5.88 Å². The minimum absolute atomic E-state index is 0.0967. The number of thiazole rings is 1. The number of hydrogen-bond donors (Lipinski definition) is 1. The Kier molecular flexibility index (Phi) is 5.02. The Morgan fingerprint density at radius 2 is 2.04 bits per heavy atom. The molecule has 1 amide bonds. The number of carbonyl (C=O) groups excluding carboxylic acids is 1. The minimum Gasteiger partial charge on any atom is -0.492 e. The number of aromatic hydroxyl groups is 1.